The van der Waals surface area contributed by atoms with Crippen molar-refractivity contribution in [3.8, 4) is 5.75 Å². The summed E-state index contributed by atoms with van der Waals surface area (Å²) in [6.45, 7) is -2.91. The number of halogens is 2. The summed E-state index contributed by atoms with van der Waals surface area (Å²) in [4.78, 5) is 12.2. The minimum atomic E-state index is -2.91. The Morgan fingerprint density at radius 3 is 2.95 bits per heavy atom. The normalized spacial score (nSPS) is 10.9. The zero-order chi connectivity index (χ0) is 15.5. The molecule has 0 unspecified atom stereocenters. The lowest BCUT2D eigenvalue weighted by Gasteiger charge is -2.08. The second-order valence-corrected chi connectivity index (χ2v) is 4.37. The summed E-state index contributed by atoms with van der Waals surface area (Å²) in [5.41, 5.74) is 1.35. The maximum absolute atomic E-state index is 12.2. The number of nitrogens with one attached hydrogen (secondary N) is 1. The van der Waals surface area contributed by atoms with Gasteiger partial charge in [-0.15, -0.1) is 10.2 Å². The molecular formula is C14H10F2N4O2. The van der Waals surface area contributed by atoms with Gasteiger partial charge in [-0.2, -0.15) is 8.78 Å². The predicted molar refractivity (Wildman–Crippen MR) is 74.0 cm³/mol. The molecule has 22 heavy (non-hydrogen) atoms. The van der Waals surface area contributed by atoms with Crippen LogP contribution >= 0.6 is 0 Å². The van der Waals surface area contributed by atoms with Crippen molar-refractivity contribution in [2.75, 3.05) is 5.32 Å². The second-order valence-electron chi connectivity index (χ2n) is 4.37. The average Bonchev–Trinajstić information content (AvgIpc) is 2.94. The van der Waals surface area contributed by atoms with Crippen molar-refractivity contribution in [2.24, 2.45) is 0 Å². The molecule has 1 aromatic carbocycles. The highest BCUT2D eigenvalue weighted by molar-refractivity contribution is 6.04. The molecule has 0 aliphatic carbocycles. The molecule has 8 heteroatoms. The number of hydrogen-bond donors (Lipinski definition) is 1. The number of amides is 1. The molecule has 0 fully saturated rings. The van der Waals surface area contributed by atoms with Gasteiger partial charge in [0.2, 0.25) is 0 Å². The van der Waals surface area contributed by atoms with Gasteiger partial charge in [-0.3, -0.25) is 9.20 Å². The summed E-state index contributed by atoms with van der Waals surface area (Å²) < 4.78 is 30.2. The van der Waals surface area contributed by atoms with Crippen LogP contribution in [0.4, 0.5) is 14.5 Å². The van der Waals surface area contributed by atoms with E-state index in [1.807, 2.05) is 0 Å². The Labute approximate surface area is 123 Å². The van der Waals surface area contributed by atoms with E-state index < -0.39 is 6.61 Å². The highest BCUT2D eigenvalue weighted by Gasteiger charge is 2.09. The number of rotatable bonds is 4. The maximum atomic E-state index is 12.2. The standard InChI is InChI=1S/C14H10F2N4O2/c15-14(16)22-11-3-1-2-10(6-11)18-13(21)9-4-5-12-19-17-8-20(12)7-9/h1-8,14H,(H,18,21). The van der Waals surface area contributed by atoms with Gasteiger partial charge in [-0.25, -0.2) is 0 Å². The molecule has 3 aromatic rings. The van der Waals surface area contributed by atoms with Crippen LogP contribution in [0.15, 0.2) is 48.9 Å². The van der Waals surface area contributed by atoms with Crippen LogP contribution < -0.4 is 10.1 Å². The molecule has 0 spiro atoms. The molecule has 6 nitrogen and oxygen atoms in total. The van der Waals surface area contributed by atoms with E-state index in [-0.39, 0.29) is 11.7 Å². The third-order valence-corrected chi connectivity index (χ3v) is 2.87. The summed E-state index contributed by atoms with van der Waals surface area (Å²) in [6.07, 6.45) is 3.05. The highest BCUT2D eigenvalue weighted by Crippen LogP contribution is 2.20. The van der Waals surface area contributed by atoms with Crippen molar-refractivity contribution < 1.29 is 18.3 Å². The number of anilines is 1. The molecule has 112 valence electrons. The number of carbonyl (C=O) groups excluding carboxylic acids is 1. The number of alkyl halides is 2. The van der Waals surface area contributed by atoms with Gasteiger partial charge in [0.15, 0.2) is 5.65 Å². The lowest BCUT2D eigenvalue weighted by Crippen LogP contribution is -2.12. The first-order valence-corrected chi connectivity index (χ1v) is 6.27. The van der Waals surface area contributed by atoms with Crippen LogP contribution in [0.5, 0.6) is 5.75 Å². The van der Waals surface area contributed by atoms with Crippen LogP contribution in [0.2, 0.25) is 0 Å². The van der Waals surface area contributed by atoms with Gasteiger partial charge >= 0.3 is 6.61 Å². The summed E-state index contributed by atoms with van der Waals surface area (Å²) in [5, 5.41) is 10.2. The molecule has 0 radical (unpaired) electrons. The largest absolute Gasteiger partial charge is 0.435 e. The van der Waals surface area contributed by atoms with Crippen LogP contribution in [-0.4, -0.2) is 27.1 Å². The van der Waals surface area contributed by atoms with Gasteiger partial charge in [0.25, 0.3) is 5.91 Å². The van der Waals surface area contributed by atoms with Crippen LogP contribution in [0.1, 0.15) is 10.4 Å². The van der Waals surface area contributed by atoms with Gasteiger partial charge in [0.05, 0.1) is 5.56 Å². The lowest BCUT2D eigenvalue weighted by atomic mass is 10.2. The Hall–Kier alpha value is -3.03. The van der Waals surface area contributed by atoms with Crippen molar-refractivity contribution in [2.45, 2.75) is 6.61 Å². The average molecular weight is 304 g/mol. The van der Waals surface area contributed by atoms with Crippen LogP contribution in [0.3, 0.4) is 0 Å². The molecular weight excluding hydrogens is 294 g/mol. The van der Waals surface area contributed by atoms with Gasteiger partial charge in [-0.05, 0) is 24.3 Å². The number of pyridine rings is 1. The summed E-state index contributed by atoms with van der Waals surface area (Å²) in [5.74, 6) is -0.410. The number of aromatic nitrogens is 3. The predicted octanol–water partition coefficient (Wildman–Crippen LogP) is 2.58. The topological polar surface area (TPSA) is 68.5 Å². The zero-order valence-corrected chi connectivity index (χ0v) is 11.1. The minimum Gasteiger partial charge on any atom is -0.435 e. The highest BCUT2D eigenvalue weighted by atomic mass is 19.3. The Bertz CT molecular complexity index is 819. The number of hydrogen-bond acceptors (Lipinski definition) is 4. The fourth-order valence-corrected chi connectivity index (χ4v) is 1.92. The molecule has 2 aromatic heterocycles. The fourth-order valence-electron chi connectivity index (χ4n) is 1.92. The number of carbonyl (C=O) groups is 1. The van der Waals surface area contributed by atoms with Crippen LogP contribution in [0.25, 0.3) is 5.65 Å². The minimum absolute atomic E-state index is 0.0259. The van der Waals surface area contributed by atoms with Crippen molar-refractivity contribution in [1.82, 2.24) is 14.6 Å². The number of benzene rings is 1. The number of fused-ring (bicyclic) bond motifs is 1. The zero-order valence-electron chi connectivity index (χ0n) is 11.1. The third-order valence-electron chi connectivity index (χ3n) is 2.87. The smallest absolute Gasteiger partial charge is 0.387 e. The molecule has 0 bridgehead atoms. The summed E-state index contributed by atoms with van der Waals surface area (Å²) in [6, 6.07) is 9.04. The Morgan fingerprint density at radius 1 is 1.27 bits per heavy atom. The lowest BCUT2D eigenvalue weighted by molar-refractivity contribution is -0.0497. The number of nitrogens with zero attached hydrogens (tertiary/aromatic N) is 3. The first kappa shape index (κ1) is 13.9. The van der Waals surface area contributed by atoms with E-state index in [9.17, 15) is 13.6 Å². The van der Waals surface area contributed by atoms with E-state index in [2.05, 4.69) is 20.3 Å². The van der Waals surface area contributed by atoms with E-state index >= 15 is 0 Å². The summed E-state index contributed by atoms with van der Waals surface area (Å²) in [7, 11) is 0. The fraction of sp³-hybridized carbons (Fsp3) is 0.0714. The van der Waals surface area contributed by atoms with Gasteiger partial charge in [-0.1, -0.05) is 6.07 Å². The monoisotopic (exact) mass is 304 g/mol. The SMILES string of the molecule is O=C(Nc1cccc(OC(F)F)c1)c1ccc2nncn2c1. The molecule has 0 saturated heterocycles. The van der Waals surface area contributed by atoms with Gasteiger partial charge in [0.1, 0.15) is 12.1 Å². The molecule has 0 aliphatic rings. The molecule has 0 saturated carbocycles. The quantitative estimate of drug-likeness (QED) is 0.804. The molecule has 2 heterocycles. The Kier molecular flexibility index (Phi) is 3.65. The van der Waals surface area contributed by atoms with Crippen molar-refractivity contribution >= 4 is 17.2 Å². The molecule has 0 aliphatic heterocycles. The Morgan fingerprint density at radius 2 is 2.14 bits per heavy atom. The number of ether oxygens (including phenoxy) is 1. The third kappa shape index (κ3) is 3.00. The second kappa shape index (κ2) is 5.76. The molecule has 0 atom stereocenters. The molecule has 3 rings (SSSR count). The summed E-state index contributed by atoms with van der Waals surface area (Å²) >= 11 is 0. The van der Waals surface area contributed by atoms with Crippen molar-refractivity contribution in [3.63, 3.8) is 0 Å². The molecule has 1 N–H and O–H groups in total. The van der Waals surface area contributed by atoms with Gasteiger partial charge in [0, 0.05) is 18.0 Å². The van der Waals surface area contributed by atoms with Crippen LogP contribution in [-0.2, 0) is 0 Å². The van der Waals surface area contributed by atoms with E-state index in [0.29, 0.717) is 16.9 Å². The van der Waals surface area contributed by atoms with Crippen molar-refractivity contribution in [3.05, 3.63) is 54.5 Å². The first-order chi connectivity index (χ1) is 10.6. The van der Waals surface area contributed by atoms with E-state index in [1.54, 1.807) is 28.8 Å². The van der Waals surface area contributed by atoms with E-state index in [0.717, 1.165) is 0 Å². The van der Waals surface area contributed by atoms with Crippen LogP contribution in [0, 0.1) is 0 Å². The van der Waals surface area contributed by atoms with Gasteiger partial charge < -0.3 is 10.1 Å². The first-order valence-electron chi connectivity index (χ1n) is 6.27. The maximum Gasteiger partial charge on any atom is 0.387 e. The van der Waals surface area contributed by atoms with E-state index in [4.69, 9.17) is 0 Å². The Balaban J connectivity index is 1.78. The van der Waals surface area contributed by atoms with E-state index in [1.165, 1.54) is 24.5 Å². The van der Waals surface area contributed by atoms with Crippen molar-refractivity contribution in [1.29, 1.82) is 0 Å². The molecule has 1 amide bonds.